The molecular formula is C27H37N5. The summed E-state index contributed by atoms with van der Waals surface area (Å²) in [6.45, 7) is 9.92. The first-order valence-electron chi connectivity index (χ1n) is 12.5. The summed E-state index contributed by atoms with van der Waals surface area (Å²) < 4.78 is 2.52. The minimum Gasteiger partial charge on any atom is -0.327 e. The Kier molecular flexibility index (Phi) is 6.56. The molecule has 0 unspecified atom stereocenters. The van der Waals surface area contributed by atoms with E-state index in [1.807, 2.05) is 6.20 Å². The van der Waals surface area contributed by atoms with Crippen LogP contribution in [0.2, 0.25) is 0 Å². The zero-order chi connectivity index (χ0) is 21.9. The van der Waals surface area contributed by atoms with Crippen LogP contribution in [0.3, 0.4) is 0 Å². The molecule has 2 atom stereocenters. The van der Waals surface area contributed by atoms with Crippen LogP contribution in [0.1, 0.15) is 62.7 Å². The zero-order valence-electron chi connectivity index (χ0n) is 19.6. The third-order valence-corrected chi connectivity index (χ3v) is 7.12. The van der Waals surface area contributed by atoms with Crippen molar-refractivity contribution in [3.05, 3.63) is 59.7 Å². The molecule has 1 aliphatic carbocycles. The number of benzene rings is 1. The fourth-order valence-corrected chi connectivity index (χ4v) is 5.68. The first kappa shape index (κ1) is 21.6. The van der Waals surface area contributed by atoms with Gasteiger partial charge in [0.15, 0.2) is 0 Å². The second kappa shape index (κ2) is 9.72. The van der Waals surface area contributed by atoms with E-state index in [-0.39, 0.29) is 0 Å². The fraction of sp³-hybridized carbons (Fsp3) is 0.556. The van der Waals surface area contributed by atoms with Crippen LogP contribution in [0, 0.1) is 11.8 Å². The highest BCUT2D eigenvalue weighted by Gasteiger charge is 2.29. The van der Waals surface area contributed by atoms with Gasteiger partial charge in [0.25, 0.3) is 0 Å². The lowest BCUT2D eigenvalue weighted by Gasteiger charge is -2.36. The number of rotatable bonds is 7. The van der Waals surface area contributed by atoms with Crippen LogP contribution < -0.4 is 5.32 Å². The molecule has 5 heteroatoms. The van der Waals surface area contributed by atoms with E-state index in [1.54, 1.807) is 0 Å². The van der Waals surface area contributed by atoms with Gasteiger partial charge in [-0.3, -0.25) is 9.88 Å². The van der Waals surface area contributed by atoms with Crippen molar-refractivity contribution in [1.29, 1.82) is 0 Å². The number of aryl methyl sites for hydroxylation is 1. The predicted molar refractivity (Wildman–Crippen MR) is 130 cm³/mol. The smallest absolute Gasteiger partial charge is 0.124 e. The predicted octanol–water partition coefficient (Wildman–Crippen LogP) is 4.97. The number of pyridine rings is 1. The van der Waals surface area contributed by atoms with Gasteiger partial charge in [-0.15, -0.1) is 0 Å². The van der Waals surface area contributed by atoms with Gasteiger partial charge in [-0.2, -0.15) is 0 Å². The minimum atomic E-state index is 0.381. The van der Waals surface area contributed by atoms with Crippen molar-refractivity contribution in [2.45, 2.75) is 65.1 Å². The lowest BCUT2D eigenvalue weighted by atomic mass is 9.90. The molecule has 5 rings (SSSR count). The molecule has 1 fully saturated rings. The van der Waals surface area contributed by atoms with Crippen LogP contribution in [0.25, 0.3) is 11.0 Å². The average molecular weight is 432 g/mol. The van der Waals surface area contributed by atoms with Crippen LogP contribution in [0.5, 0.6) is 0 Å². The molecule has 3 aromatic rings. The molecule has 0 spiro atoms. The van der Waals surface area contributed by atoms with Crippen molar-refractivity contribution in [3.63, 3.8) is 0 Å². The third-order valence-electron chi connectivity index (χ3n) is 7.12. The van der Waals surface area contributed by atoms with E-state index in [0.29, 0.717) is 17.9 Å². The second-order valence-electron chi connectivity index (χ2n) is 10.1. The van der Waals surface area contributed by atoms with Gasteiger partial charge in [0.2, 0.25) is 0 Å². The summed E-state index contributed by atoms with van der Waals surface area (Å²) in [4.78, 5) is 12.7. The van der Waals surface area contributed by atoms with E-state index in [0.717, 1.165) is 44.7 Å². The third kappa shape index (κ3) is 4.60. The number of hydrogen-bond acceptors (Lipinski definition) is 4. The van der Waals surface area contributed by atoms with Crippen molar-refractivity contribution in [1.82, 2.24) is 24.8 Å². The number of nitrogens with one attached hydrogen (secondary N) is 1. The van der Waals surface area contributed by atoms with Gasteiger partial charge in [-0.05, 0) is 80.8 Å². The maximum atomic E-state index is 5.16. The normalized spacial score (nSPS) is 21.4. The molecule has 0 amide bonds. The van der Waals surface area contributed by atoms with E-state index in [2.05, 4.69) is 65.0 Å². The Bertz CT molecular complexity index is 1030. The van der Waals surface area contributed by atoms with Gasteiger partial charge < -0.3 is 9.88 Å². The van der Waals surface area contributed by atoms with Crippen molar-refractivity contribution in [2.24, 2.45) is 11.8 Å². The highest BCUT2D eigenvalue weighted by Crippen LogP contribution is 2.34. The minimum absolute atomic E-state index is 0.381. The number of aromatic nitrogens is 3. The topological polar surface area (TPSA) is 46.0 Å². The van der Waals surface area contributed by atoms with E-state index in [4.69, 9.17) is 9.97 Å². The Morgan fingerprint density at radius 2 is 2.03 bits per heavy atom. The highest BCUT2D eigenvalue weighted by molar-refractivity contribution is 5.75. The van der Waals surface area contributed by atoms with Crippen LogP contribution in [0.15, 0.2) is 42.6 Å². The van der Waals surface area contributed by atoms with Gasteiger partial charge >= 0.3 is 0 Å². The van der Waals surface area contributed by atoms with Crippen molar-refractivity contribution in [3.8, 4) is 0 Å². The zero-order valence-corrected chi connectivity index (χ0v) is 19.6. The fourth-order valence-electron chi connectivity index (χ4n) is 5.68. The molecule has 3 heterocycles. The van der Waals surface area contributed by atoms with Gasteiger partial charge in [-0.25, -0.2) is 4.98 Å². The number of hydrogen-bond donors (Lipinski definition) is 1. The quantitative estimate of drug-likeness (QED) is 0.574. The molecule has 0 saturated carbocycles. The van der Waals surface area contributed by atoms with E-state index in [9.17, 15) is 0 Å². The van der Waals surface area contributed by atoms with Crippen LogP contribution >= 0.6 is 0 Å². The highest BCUT2D eigenvalue weighted by atomic mass is 15.2. The van der Waals surface area contributed by atoms with Crippen LogP contribution in [0.4, 0.5) is 0 Å². The Balaban J connectivity index is 1.48. The molecule has 170 valence electrons. The standard InChI is InChI=1S/C27H37N5/c1-20(2)17-31(25-13-5-9-22-10-7-15-29-27(22)25)19-26-30-23-11-3-4-12-24(23)32(26)18-21-8-6-14-28-16-21/h3-4,7,10-12,15,20-21,25,28H,5-6,8-9,13-14,16-19H2,1-2H3/t21-,25-/m0/s1. The summed E-state index contributed by atoms with van der Waals surface area (Å²) >= 11 is 0. The van der Waals surface area contributed by atoms with Crippen LogP contribution in [-0.4, -0.2) is 39.1 Å². The van der Waals surface area contributed by atoms with Gasteiger partial charge in [-0.1, -0.05) is 32.0 Å². The Hall–Kier alpha value is -2.24. The van der Waals surface area contributed by atoms with Crippen molar-refractivity contribution >= 4 is 11.0 Å². The molecule has 1 saturated heterocycles. The maximum absolute atomic E-state index is 5.16. The maximum Gasteiger partial charge on any atom is 0.124 e. The summed E-state index contributed by atoms with van der Waals surface area (Å²) in [5, 5.41) is 3.59. The second-order valence-corrected chi connectivity index (χ2v) is 10.1. The lowest BCUT2D eigenvalue weighted by molar-refractivity contribution is 0.141. The number of fused-ring (bicyclic) bond motifs is 2. The number of para-hydroxylation sites is 2. The lowest BCUT2D eigenvalue weighted by Crippen LogP contribution is -2.36. The van der Waals surface area contributed by atoms with Gasteiger partial charge in [0.1, 0.15) is 5.82 Å². The SMILES string of the molecule is CC(C)CN(Cc1nc2ccccc2n1C[C@H]1CCCNC1)[C@H]1CCCc2cccnc21. The van der Waals surface area contributed by atoms with E-state index in [1.165, 1.54) is 48.3 Å². The van der Waals surface area contributed by atoms with Crippen LogP contribution in [-0.2, 0) is 19.5 Å². The van der Waals surface area contributed by atoms with E-state index >= 15 is 0 Å². The molecule has 5 nitrogen and oxygen atoms in total. The summed E-state index contributed by atoms with van der Waals surface area (Å²) in [7, 11) is 0. The number of nitrogens with zero attached hydrogens (tertiary/aromatic N) is 4. The Morgan fingerprint density at radius 1 is 1.12 bits per heavy atom. The number of piperidine rings is 1. The van der Waals surface area contributed by atoms with E-state index < -0.39 is 0 Å². The molecule has 0 radical (unpaired) electrons. The first-order chi connectivity index (χ1) is 15.7. The largest absolute Gasteiger partial charge is 0.327 e. The molecule has 32 heavy (non-hydrogen) atoms. The molecule has 1 aromatic carbocycles. The number of imidazole rings is 1. The summed E-state index contributed by atoms with van der Waals surface area (Å²) in [5.74, 6) is 2.49. The van der Waals surface area contributed by atoms with Gasteiger partial charge in [0.05, 0.1) is 29.3 Å². The van der Waals surface area contributed by atoms with Gasteiger partial charge in [0, 0.05) is 19.3 Å². The summed E-state index contributed by atoms with van der Waals surface area (Å²) in [6, 6.07) is 13.4. The van der Waals surface area contributed by atoms with Crippen molar-refractivity contribution in [2.75, 3.05) is 19.6 Å². The molecule has 1 N–H and O–H groups in total. The molecule has 2 aliphatic rings. The monoisotopic (exact) mass is 431 g/mol. The molecule has 0 bridgehead atoms. The molecular weight excluding hydrogens is 394 g/mol. The Labute approximate surface area is 192 Å². The Morgan fingerprint density at radius 3 is 2.88 bits per heavy atom. The van der Waals surface area contributed by atoms with Crippen molar-refractivity contribution < 1.29 is 0 Å². The summed E-state index contributed by atoms with van der Waals surface area (Å²) in [6.07, 6.45) is 8.12. The molecule has 2 aromatic heterocycles. The first-order valence-corrected chi connectivity index (χ1v) is 12.5. The molecule has 1 aliphatic heterocycles. The summed E-state index contributed by atoms with van der Waals surface area (Å²) in [5.41, 5.74) is 5.12. The average Bonchev–Trinajstić information content (AvgIpc) is 3.15.